The summed E-state index contributed by atoms with van der Waals surface area (Å²) in [5.41, 5.74) is 8.26. The number of azide groups is 1. The van der Waals surface area contributed by atoms with Crippen LogP contribution >= 0.6 is 0 Å². The minimum Gasteiger partial charge on any atom is -0.394 e. The van der Waals surface area contributed by atoms with E-state index in [1.165, 1.54) is 0 Å². The molecule has 265 valence electrons. The molecule has 3 rings (SSSR count). The fraction of sp³-hybridized carbons (Fsp3) is 1.00. The van der Waals surface area contributed by atoms with Crippen molar-refractivity contribution in [2.45, 2.75) is 110 Å². The largest absolute Gasteiger partial charge is 0.394 e. The monoisotopic (exact) mass is 1310 g/mol. The molecule has 0 aromatic carbocycles. The number of nitrogens with zero attached hydrogens (tertiary/aromatic N) is 3. The van der Waals surface area contributed by atoms with E-state index in [1.807, 2.05) is 27.7 Å². The van der Waals surface area contributed by atoms with Gasteiger partial charge in [0, 0.05) is 161 Å². The zero-order valence-corrected chi connectivity index (χ0v) is 43.2. The van der Waals surface area contributed by atoms with Crippen LogP contribution in [0.4, 0.5) is 0 Å². The molecule has 3 heterocycles. The summed E-state index contributed by atoms with van der Waals surface area (Å²) < 4.78 is 48.4. The summed E-state index contributed by atoms with van der Waals surface area (Å²) in [5, 5.41) is 34.4. The average molecular weight is 1310 g/mol. The van der Waals surface area contributed by atoms with Gasteiger partial charge in [0.1, 0.15) is 18.3 Å². The number of rotatable bonds is 16. The van der Waals surface area contributed by atoms with Gasteiger partial charge < -0.3 is 53.2 Å². The summed E-state index contributed by atoms with van der Waals surface area (Å²) in [7, 11) is 0. The topological polar surface area (TPSA) is 183 Å². The number of hydrogen-bond donors (Lipinski definition) is 3. The van der Waals surface area contributed by atoms with Crippen molar-refractivity contribution >= 4 is 0 Å². The molecule has 3 fully saturated rings. The number of ether oxygens (including phenoxy) is 8. The Morgan fingerprint density at radius 3 is 1.72 bits per heavy atom. The van der Waals surface area contributed by atoms with Gasteiger partial charge in [0.2, 0.25) is 0 Å². The normalized spacial score (nSPS) is 40.3. The summed E-state index contributed by atoms with van der Waals surface area (Å²) in [6.45, 7) is 15.6. The van der Waals surface area contributed by atoms with E-state index in [2.05, 4.69) is 30.8 Å². The Hall–Kier alpha value is 3.19. The van der Waals surface area contributed by atoms with Gasteiger partial charge in [-0.1, -0.05) is 39.7 Å². The molecule has 1 unspecified atom stereocenters. The standard InChI is InChI=1S/C30H55N3O11.3Ac/c1-16-18(3)29(44-28-24(15-35)40-21(6)20(5)25(28)36)41-22(7)26(16)43-30-19(4)17(2)27(23(14-34)42-30)39-13-12-38-11-10-37-9-8-32-33-31;;;/h16-30,34-36H,8-15H2,1-7H3;;;/t16-,17-,18-,19-,20+,21?,22-,23-,24-,25-,26+,27+,28-,29+,30-;;;/m1.../s1. The molecule has 3 aliphatic heterocycles. The summed E-state index contributed by atoms with van der Waals surface area (Å²) in [6, 6.07) is 0. The van der Waals surface area contributed by atoms with Crippen molar-refractivity contribution in [1.29, 1.82) is 0 Å². The van der Waals surface area contributed by atoms with Gasteiger partial charge in [-0.15, -0.1) is 0 Å². The molecule has 0 saturated carbocycles. The Kier molecular flexibility index (Phi) is 27.9. The van der Waals surface area contributed by atoms with Crippen LogP contribution < -0.4 is 0 Å². The van der Waals surface area contributed by atoms with Crippen LogP contribution in [-0.2, 0) is 37.9 Å². The maximum atomic E-state index is 10.9. The van der Waals surface area contributed by atoms with Crippen molar-refractivity contribution < 1.29 is 185 Å². The molecule has 3 aliphatic rings. The molecule has 47 heavy (non-hydrogen) atoms. The zero-order valence-electron chi connectivity index (χ0n) is 29.0. The molecular formula is C30H55Ac3N3O11. The molecule has 3 saturated heterocycles. The second-order valence-corrected chi connectivity index (χ2v) is 12.5. The van der Waals surface area contributed by atoms with Gasteiger partial charge in [-0.2, -0.15) is 0 Å². The number of aliphatic hydroxyl groups excluding tert-OH is 3. The molecule has 14 nitrogen and oxygen atoms in total. The van der Waals surface area contributed by atoms with E-state index in [1.54, 1.807) is 0 Å². The van der Waals surface area contributed by atoms with Crippen molar-refractivity contribution in [3.63, 3.8) is 0 Å². The van der Waals surface area contributed by atoms with Gasteiger partial charge >= 0.3 is 0 Å². The molecule has 15 atom stereocenters. The smallest absolute Gasteiger partial charge is 0.161 e. The SMILES string of the molecule is CC1O[C@H](CO)[C@@H](O[C@@H]2O[C@H](C)[C@@H](O[C@H]3O[C@H](CO)[C@@H](OCCOCCOCCN=[N+]=[N-])[C@H](C)[C@H]3C)[C@H](C)[C@H]2C)[C@H](O)[C@H]1C.[Ac].[Ac].[Ac]. The van der Waals surface area contributed by atoms with Gasteiger partial charge in [-0.3, -0.25) is 0 Å². The molecule has 3 radical (unpaired) electrons. The number of hydrogen-bond acceptors (Lipinski definition) is 12. The fourth-order valence-electron chi connectivity index (χ4n) is 6.21. The van der Waals surface area contributed by atoms with Gasteiger partial charge in [0.15, 0.2) is 12.6 Å². The van der Waals surface area contributed by atoms with E-state index in [4.69, 9.17) is 43.4 Å². The van der Waals surface area contributed by atoms with Crippen LogP contribution in [0.15, 0.2) is 5.11 Å². The Morgan fingerprint density at radius 2 is 1.13 bits per heavy atom. The Balaban J connectivity index is 0.00000705. The van der Waals surface area contributed by atoms with Crippen LogP contribution in [0.25, 0.3) is 10.4 Å². The van der Waals surface area contributed by atoms with Gasteiger partial charge in [-0.05, 0) is 31.2 Å². The van der Waals surface area contributed by atoms with Crippen molar-refractivity contribution in [3.05, 3.63) is 10.4 Å². The predicted molar refractivity (Wildman–Crippen MR) is 158 cm³/mol. The molecule has 0 aromatic rings. The van der Waals surface area contributed by atoms with Gasteiger partial charge in [0.25, 0.3) is 0 Å². The van der Waals surface area contributed by atoms with E-state index >= 15 is 0 Å². The third-order valence-electron chi connectivity index (χ3n) is 9.66. The summed E-state index contributed by atoms with van der Waals surface area (Å²) in [4.78, 5) is 2.67. The summed E-state index contributed by atoms with van der Waals surface area (Å²) in [6.07, 6.45) is -5.07. The first-order chi connectivity index (χ1) is 21.0. The molecule has 0 aliphatic carbocycles. The van der Waals surface area contributed by atoms with E-state index in [9.17, 15) is 15.3 Å². The van der Waals surface area contributed by atoms with Crippen LogP contribution in [0.2, 0.25) is 0 Å². The maximum absolute atomic E-state index is 10.9. The van der Waals surface area contributed by atoms with Crippen LogP contribution in [0.3, 0.4) is 0 Å². The Morgan fingerprint density at radius 1 is 0.617 bits per heavy atom. The quantitative estimate of drug-likeness (QED) is 0.0893. The molecule has 0 aromatic heterocycles. The van der Waals surface area contributed by atoms with Gasteiger partial charge in [0.05, 0.1) is 76.8 Å². The second kappa shape index (κ2) is 26.1. The molecule has 17 heteroatoms. The number of aliphatic hydroxyl groups is 3. The van der Waals surface area contributed by atoms with Crippen LogP contribution in [0.5, 0.6) is 0 Å². The van der Waals surface area contributed by atoms with E-state index in [-0.39, 0.29) is 206 Å². The second-order valence-electron chi connectivity index (χ2n) is 12.5. The first-order valence-corrected chi connectivity index (χ1v) is 16.0. The Bertz CT molecular complexity index is 895. The maximum Gasteiger partial charge on any atom is 0.161 e. The van der Waals surface area contributed by atoms with Crippen LogP contribution in [0.1, 0.15) is 48.5 Å². The van der Waals surface area contributed by atoms with Crippen molar-refractivity contribution in [2.24, 2.45) is 34.7 Å². The van der Waals surface area contributed by atoms with Crippen molar-refractivity contribution in [3.8, 4) is 0 Å². The predicted octanol–water partition coefficient (Wildman–Crippen LogP) is 2.27. The van der Waals surface area contributed by atoms with Gasteiger partial charge in [-0.25, -0.2) is 0 Å². The van der Waals surface area contributed by atoms with E-state index < -0.39 is 37.0 Å². The van der Waals surface area contributed by atoms with Crippen LogP contribution in [-0.4, -0.2) is 130 Å². The average Bonchev–Trinajstić information content (AvgIpc) is 3.01. The molecular weight excluding hydrogens is 1260 g/mol. The first-order valence-electron chi connectivity index (χ1n) is 16.0. The summed E-state index contributed by atoms with van der Waals surface area (Å²) >= 11 is 0. The first kappa shape index (κ1) is 50.2. The molecule has 0 spiro atoms. The fourth-order valence-corrected chi connectivity index (χ4v) is 6.21. The summed E-state index contributed by atoms with van der Waals surface area (Å²) in [5.74, 6) is -0.218. The van der Waals surface area contributed by atoms with Crippen molar-refractivity contribution in [2.75, 3.05) is 52.8 Å². The zero-order chi connectivity index (χ0) is 32.4. The van der Waals surface area contributed by atoms with Crippen LogP contribution in [0, 0.1) is 162 Å². The minimum absolute atomic E-state index is 0. The Labute approximate surface area is 387 Å². The molecule has 3 N–H and O–H groups in total. The molecule has 0 bridgehead atoms. The van der Waals surface area contributed by atoms with E-state index in [0.29, 0.717) is 33.0 Å². The van der Waals surface area contributed by atoms with Crippen molar-refractivity contribution in [1.82, 2.24) is 0 Å². The minimum atomic E-state index is -0.795. The van der Waals surface area contributed by atoms with E-state index in [0.717, 1.165) is 0 Å². The third-order valence-corrected chi connectivity index (χ3v) is 9.66. The molecule has 0 amide bonds. The third kappa shape index (κ3) is 14.4.